The lowest BCUT2D eigenvalue weighted by atomic mass is 10.0. The summed E-state index contributed by atoms with van der Waals surface area (Å²) in [4.78, 5) is 13.0. The van der Waals surface area contributed by atoms with Gasteiger partial charge in [-0.3, -0.25) is 4.79 Å². The first-order valence-electron chi connectivity index (χ1n) is 5.08. The topological polar surface area (TPSA) is 17.1 Å². The summed E-state index contributed by atoms with van der Waals surface area (Å²) in [6, 6.07) is 6.40. The number of carbonyl (C=O) groups is 1. The van der Waals surface area contributed by atoms with Crippen molar-refractivity contribution in [2.75, 3.05) is 0 Å². The van der Waals surface area contributed by atoms with Gasteiger partial charge in [0, 0.05) is 26.7 Å². The molecule has 0 atom stereocenters. The first kappa shape index (κ1) is 12.5. The van der Waals surface area contributed by atoms with E-state index < -0.39 is 0 Å². The Morgan fingerprint density at radius 3 is 2.76 bits per heavy atom. The summed E-state index contributed by atoms with van der Waals surface area (Å²) in [5.74, 6) is -0.261. The molecule has 1 nitrogen and oxygen atoms in total. The van der Waals surface area contributed by atoms with Crippen LogP contribution in [0.3, 0.4) is 0 Å². The summed E-state index contributed by atoms with van der Waals surface area (Å²) in [6.07, 6.45) is 0.362. The number of aryl methyl sites for hydroxylation is 1. The van der Waals surface area contributed by atoms with Gasteiger partial charge in [0.15, 0.2) is 5.78 Å². The normalized spacial score (nSPS) is 10.5. The predicted molar refractivity (Wildman–Crippen MR) is 71.2 cm³/mol. The van der Waals surface area contributed by atoms with E-state index in [0.717, 1.165) is 9.35 Å². The minimum absolute atomic E-state index is 0.0162. The number of Topliss-reactive ketones (excluding diaryl/α,β-unsaturated/α-hetero) is 1. The maximum atomic E-state index is 13.1. The lowest BCUT2D eigenvalue weighted by Crippen LogP contribution is -2.03. The molecule has 1 aromatic heterocycles. The van der Waals surface area contributed by atoms with E-state index in [-0.39, 0.29) is 11.6 Å². The van der Waals surface area contributed by atoms with Gasteiger partial charge in [0.05, 0.1) is 0 Å². The molecule has 0 aliphatic heterocycles. The highest BCUT2D eigenvalue weighted by Crippen LogP contribution is 2.21. The molecule has 0 saturated carbocycles. The zero-order valence-corrected chi connectivity index (χ0v) is 11.6. The fraction of sp³-hybridized carbons (Fsp3) is 0.154. The summed E-state index contributed by atoms with van der Waals surface area (Å²) in [6.45, 7) is 1.66. The second-order valence-corrected chi connectivity index (χ2v) is 5.71. The summed E-state index contributed by atoms with van der Waals surface area (Å²) in [7, 11) is 0. The number of carbonyl (C=O) groups excluding carboxylic acids is 1. The van der Waals surface area contributed by atoms with Crippen molar-refractivity contribution in [2.45, 2.75) is 13.3 Å². The minimum atomic E-state index is -0.277. The lowest BCUT2D eigenvalue weighted by Gasteiger charge is -2.01. The van der Waals surface area contributed by atoms with Gasteiger partial charge in [-0.2, -0.15) is 0 Å². The fourth-order valence-electron chi connectivity index (χ4n) is 1.52. The van der Waals surface area contributed by atoms with E-state index in [0.29, 0.717) is 17.5 Å². The number of hydrogen-bond acceptors (Lipinski definition) is 2. The Morgan fingerprint density at radius 1 is 1.41 bits per heavy atom. The van der Waals surface area contributed by atoms with Crippen molar-refractivity contribution >= 4 is 33.0 Å². The number of ketones is 1. The van der Waals surface area contributed by atoms with Crippen LogP contribution in [0.25, 0.3) is 0 Å². The molecule has 2 rings (SSSR count). The molecule has 17 heavy (non-hydrogen) atoms. The molecule has 2 aromatic rings. The monoisotopic (exact) mass is 312 g/mol. The van der Waals surface area contributed by atoms with E-state index >= 15 is 0 Å². The molecule has 0 aliphatic carbocycles. The molecule has 0 spiro atoms. The van der Waals surface area contributed by atoms with Crippen molar-refractivity contribution in [3.8, 4) is 0 Å². The summed E-state index contributed by atoms with van der Waals surface area (Å²) in [5, 5.41) is 1.94. The van der Waals surface area contributed by atoms with Crippen LogP contribution in [0.2, 0.25) is 0 Å². The number of hydrogen-bond donors (Lipinski definition) is 0. The third-order valence-corrected chi connectivity index (χ3v) is 4.13. The minimum Gasteiger partial charge on any atom is -0.294 e. The molecule has 0 bridgehead atoms. The van der Waals surface area contributed by atoms with Gasteiger partial charge in [-0.05, 0) is 52.7 Å². The third kappa shape index (κ3) is 3.01. The molecule has 1 heterocycles. The zero-order valence-electron chi connectivity index (χ0n) is 9.17. The van der Waals surface area contributed by atoms with Gasteiger partial charge in [0.1, 0.15) is 5.82 Å². The highest BCUT2D eigenvalue weighted by atomic mass is 79.9. The SMILES string of the molecule is Cc1cc(C(=O)Cc2cc(Br)cs2)ccc1F. The van der Waals surface area contributed by atoms with Crippen molar-refractivity contribution in [3.63, 3.8) is 0 Å². The van der Waals surface area contributed by atoms with Crippen LogP contribution < -0.4 is 0 Å². The van der Waals surface area contributed by atoms with Crippen molar-refractivity contribution in [3.05, 3.63) is 55.9 Å². The number of thiophene rings is 1. The van der Waals surface area contributed by atoms with Gasteiger partial charge in [0.25, 0.3) is 0 Å². The molecular formula is C13H10BrFOS. The molecule has 0 radical (unpaired) electrons. The molecule has 0 N–H and O–H groups in total. The Morgan fingerprint density at radius 2 is 2.18 bits per heavy atom. The standard InChI is InChI=1S/C13H10BrFOS/c1-8-4-9(2-3-12(8)15)13(16)6-11-5-10(14)7-17-11/h2-5,7H,6H2,1H3. The summed E-state index contributed by atoms with van der Waals surface area (Å²) >= 11 is 4.89. The van der Waals surface area contributed by atoms with Gasteiger partial charge >= 0.3 is 0 Å². The van der Waals surface area contributed by atoms with E-state index in [4.69, 9.17) is 0 Å². The van der Waals surface area contributed by atoms with Crippen LogP contribution in [0.15, 0.2) is 34.1 Å². The van der Waals surface area contributed by atoms with E-state index in [1.54, 1.807) is 13.0 Å². The number of halogens is 2. The molecule has 0 saturated heterocycles. The molecule has 0 unspecified atom stereocenters. The van der Waals surface area contributed by atoms with Gasteiger partial charge in [-0.25, -0.2) is 4.39 Å². The van der Waals surface area contributed by atoms with Crippen LogP contribution in [0.5, 0.6) is 0 Å². The Balaban J connectivity index is 2.17. The first-order chi connectivity index (χ1) is 8.06. The average Bonchev–Trinajstić information content (AvgIpc) is 2.68. The number of rotatable bonds is 3. The smallest absolute Gasteiger partial charge is 0.168 e. The molecule has 0 amide bonds. The lowest BCUT2D eigenvalue weighted by molar-refractivity contribution is 0.0993. The average molecular weight is 313 g/mol. The van der Waals surface area contributed by atoms with Crippen molar-refractivity contribution in [1.29, 1.82) is 0 Å². The van der Waals surface area contributed by atoms with Gasteiger partial charge in [-0.1, -0.05) is 0 Å². The zero-order chi connectivity index (χ0) is 12.4. The van der Waals surface area contributed by atoms with Crippen molar-refractivity contribution in [1.82, 2.24) is 0 Å². The number of benzene rings is 1. The second-order valence-electron chi connectivity index (χ2n) is 3.80. The Labute approximate surface area is 111 Å². The first-order valence-corrected chi connectivity index (χ1v) is 6.76. The van der Waals surface area contributed by atoms with Crippen LogP contribution >= 0.6 is 27.3 Å². The molecule has 1 aromatic carbocycles. The molecular weight excluding hydrogens is 303 g/mol. The molecule has 4 heteroatoms. The summed E-state index contributed by atoms with van der Waals surface area (Å²) < 4.78 is 14.1. The van der Waals surface area contributed by atoms with E-state index in [1.165, 1.54) is 23.5 Å². The van der Waals surface area contributed by atoms with Gasteiger partial charge in [0.2, 0.25) is 0 Å². The van der Waals surface area contributed by atoms with Gasteiger partial charge < -0.3 is 0 Å². The fourth-order valence-corrected chi connectivity index (χ4v) is 2.97. The Hall–Kier alpha value is -1.00. The molecule has 0 fully saturated rings. The maximum Gasteiger partial charge on any atom is 0.168 e. The highest BCUT2D eigenvalue weighted by molar-refractivity contribution is 9.10. The third-order valence-electron chi connectivity index (χ3n) is 2.44. The van der Waals surface area contributed by atoms with Crippen molar-refractivity contribution in [2.24, 2.45) is 0 Å². The summed E-state index contributed by atoms with van der Waals surface area (Å²) in [5.41, 5.74) is 1.07. The Bertz CT molecular complexity index is 562. The largest absolute Gasteiger partial charge is 0.294 e. The van der Waals surface area contributed by atoms with Crippen molar-refractivity contribution < 1.29 is 9.18 Å². The second kappa shape index (κ2) is 5.10. The van der Waals surface area contributed by atoms with Crippen LogP contribution in [0, 0.1) is 12.7 Å². The quantitative estimate of drug-likeness (QED) is 0.768. The van der Waals surface area contributed by atoms with Gasteiger partial charge in [-0.15, -0.1) is 11.3 Å². The van der Waals surface area contributed by atoms with E-state index in [1.807, 2.05) is 11.4 Å². The maximum absolute atomic E-state index is 13.1. The molecule has 0 aliphatic rings. The van der Waals surface area contributed by atoms with Crippen LogP contribution in [0.4, 0.5) is 4.39 Å². The van der Waals surface area contributed by atoms with Crippen LogP contribution in [-0.2, 0) is 6.42 Å². The van der Waals surface area contributed by atoms with Crippen LogP contribution in [-0.4, -0.2) is 5.78 Å². The van der Waals surface area contributed by atoms with E-state index in [9.17, 15) is 9.18 Å². The highest BCUT2D eigenvalue weighted by Gasteiger charge is 2.10. The predicted octanol–water partition coefficient (Wildman–Crippen LogP) is 4.38. The van der Waals surface area contributed by atoms with E-state index in [2.05, 4.69) is 15.9 Å². The Kier molecular flexibility index (Phi) is 3.74. The molecule has 88 valence electrons. The van der Waals surface area contributed by atoms with Crippen LogP contribution in [0.1, 0.15) is 20.8 Å².